The maximum atomic E-state index is 12.4. The molecule has 2 saturated heterocycles. The van der Waals surface area contributed by atoms with Crippen molar-refractivity contribution in [3.63, 3.8) is 0 Å². The van der Waals surface area contributed by atoms with E-state index in [1.165, 1.54) is 32.7 Å². The lowest BCUT2D eigenvalue weighted by molar-refractivity contribution is -1.01. The second kappa shape index (κ2) is 10.5. The molecular weight excluding hydrogens is 370 g/mol. The van der Waals surface area contributed by atoms with E-state index in [2.05, 4.69) is 17.6 Å². The SMILES string of the molecule is CC[NH+]1CC[NH+](CCCNC(=O)N[C@H]2CC(=O)N(c3cccc(OC)c3)C2)CC1. The quantitative estimate of drug-likeness (QED) is 0.389. The van der Waals surface area contributed by atoms with Crippen molar-refractivity contribution in [2.45, 2.75) is 25.8 Å². The molecule has 0 saturated carbocycles. The molecule has 0 aliphatic carbocycles. The number of carbonyl (C=O) groups is 2. The molecule has 0 spiro atoms. The van der Waals surface area contributed by atoms with Crippen LogP contribution in [0, 0.1) is 0 Å². The average molecular weight is 406 g/mol. The highest BCUT2D eigenvalue weighted by atomic mass is 16.5. The van der Waals surface area contributed by atoms with Crippen LogP contribution in [0.1, 0.15) is 19.8 Å². The van der Waals surface area contributed by atoms with Gasteiger partial charge in [0.1, 0.15) is 31.9 Å². The zero-order valence-corrected chi connectivity index (χ0v) is 17.6. The van der Waals surface area contributed by atoms with E-state index in [4.69, 9.17) is 4.74 Å². The molecule has 8 heteroatoms. The molecule has 1 aromatic carbocycles. The largest absolute Gasteiger partial charge is 0.497 e. The van der Waals surface area contributed by atoms with Gasteiger partial charge in [-0.25, -0.2) is 4.79 Å². The van der Waals surface area contributed by atoms with E-state index < -0.39 is 0 Å². The number of nitrogens with zero attached hydrogens (tertiary/aromatic N) is 1. The molecule has 0 unspecified atom stereocenters. The molecule has 2 heterocycles. The molecule has 0 radical (unpaired) electrons. The number of anilines is 1. The third-order valence-corrected chi connectivity index (χ3v) is 5.98. The second-order valence-corrected chi connectivity index (χ2v) is 7.96. The zero-order valence-electron chi connectivity index (χ0n) is 17.6. The first-order chi connectivity index (χ1) is 14.1. The van der Waals surface area contributed by atoms with Crippen molar-refractivity contribution in [1.82, 2.24) is 10.6 Å². The van der Waals surface area contributed by atoms with Gasteiger partial charge in [-0.05, 0) is 19.1 Å². The molecule has 29 heavy (non-hydrogen) atoms. The summed E-state index contributed by atoms with van der Waals surface area (Å²) in [5, 5.41) is 5.87. The molecule has 1 atom stereocenters. The molecule has 2 aliphatic rings. The van der Waals surface area contributed by atoms with Crippen LogP contribution in [-0.2, 0) is 4.79 Å². The fourth-order valence-corrected chi connectivity index (χ4v) is 4.17. The minimum atomic E-state index is -0.189. The number of nitrogens with one attached hydrogen (secondary N) is 4. The minimum absolute atomic E-state index is 0.0144. The van der Waals surface area contributed by atoms with E-state index >= 15 is 0 Å². The molecular formula is C21H35N5O3+2. The highest BCUT2D eigenvalue weighted by Crippen LogP contribution is 2.25. The number of quaternary nitrogens is 2. The molecule has 2 aliphatic heterocycles. The van der Waals surface area contributed by atoms with Crippen LogP contribution in [0.3, 0.4) is 0 Å². The number of hydrogen-bond acceptors (Lipinski definition) is 3. The molecule has 2 fully saturated rings. The van der Waals surface area contributed by atoms with Crippen LogP contribution in [0.4, 0.5) is 10.5 Å². The Hall–Kier alpha value is -2.32. The Morgan fingerprint density at radius 3 is 2.72 bits per heavy atom. The van der Waals surface area contributed by atoms with E-state index in [9.17, 15) is 9.59 Å². The van der Waals surface area contributed by atoms with Crippen molar-refractivity contribution in [1.29, 1.82) is 0 Å². The topological polar surface area (TPSA) is 79.6 Å². The van der Waals surface area contributed by atoms with Gasteiger partial charge in [0, 0.05) is 37.7 Å². The maximum Gasteiger partial charge on any atom is 0.315 e. The van der Waals surface area contributed by atoms with Crippen LogP contribution in [0.25, 0.3) is 0 Å². The molecule has 3 amide bonds. The fraction of sp³-hybridized carbons (Fsp3) is 0.619. The number of methoxy groups -OCH3 is 1. The Morgan fingerprint density at radius 1 is 1.24 bits per heavy atom. The van der Waals surface area contributed by atoms with Gasteiger partial charge in [-0.15, -0.1) is 0 Å². The summed E-state index contributed by atoms with van der Waals surface area (Å²) in [7, 11) is 1.60. The highest BCUT2D eigenvalue weighted by Gasteiger charge is 2.31. The Bertz CT molecular complexity index is 691. The van der Waals surface area contributed by atoms with E-state index in [1.54, 1.807) is 21.8 Å². The Kier molecular flexibility index (Phi) is 7.71. The minimum Gasteiger partial charge on any atom is -0.497 e. The normalized spacial score (nSPS) is 24.4. The van der Waals surface area contributed by atoms with E-state index in [-0.39, 0.29) is 18.0 Å². The van der Waals surface area contributed by atoms with Crippen LogP contribution in [0.5, 0.6) is 5.75 Å². The summed E-state index contributed by atoms with van der Waals surface area (Å²) in [5.74, 6) is 0.726. The molecule has 160 valence electrons. The number of amides is 3. The standard InChI is InChI=1S/C21H33N5O3/c1-3-24-10-12-25(13-11-24)9-5-8-22-21(28)23-17-14-20(27)26(16-17)18-6-4-7-19(15-18)29-2/h4,6-7,15,17H,3,5,8-14,16H2,1-2H3,(H2,22,23,28)/p+2/t17-/m0/s1. The molecule has 0 aromatic heterocycles. The number of urea groups is 1. The summed E-state index contributed by atoms with van der Waals surface area (Å²) in [5.41, 5.74) is 0.798. The van der Waals surface area contributed by atoms with Crippen LogP contribution < -0.4 is 30.1 Å². The first kappa shape index (κ1) is 21.4. The first-order valence-electron chi connectivity index (χ1n) is 10.7. The van der Waals surface area contributed by atoms with Gasteiger partial charge in [0.2, 0.25) is 5.91 Å². The molecule has 1 aromatic rings. The number of benzene rings is 1. The third kappa shape index (κ3) is 6.08. The molecule has 4 N–H and O–H groups in total. The van der Waals surface area contributed by atoms with Crippen molar-refractivity contribution in [3.8, 4) is 5.75 Å². The summed E-state index contributed by atoms with van der Waals surface area (Å²) in [4.78, 5) is 29.6. The van der Waals surface area contributed by atoms with Gasteiger partial charge >= 0.3 is 6.03 Å². The number of carbonyl (C=O) groups excluding carboxylic acids is 2. The highest BCUT2D eigenvalue weighted by molar-refractivity contribution is 5.97. The smallest absolute Gasteiger partial charge is 0.315 e. The van der Waals surface area contributed by atoms with Crippen molar-refractivity contribution < 1.29 is 24.1 Å². The lowest BCUT2D eigenvalue weighted by atomic mass is 10.2. The van der Waals surface area contributed by atoms with E-state index in [0.717, 1.165) is 18.7 Å². The third-order valence-electron chi connectivity index (χ3n) is 5.98. The van der Waals surface area contributed by atoms with Crippen LogP contribution >= 0.6 is 0 Å². The Morgan fingerprint density at radius 2 is 2.00 bits per heavy atom. The lowest BCUT2D eigenvalue weighted by Gasteiger charge is -2.29. The molecule has 3 rings (SSSR count). The first-order valence-corrected chi connectivity index (χ1v) is 10.7. The summed E-state index contributed by atoms with van der Waals surface area (Å²) in [6.45, 7) is 10.7. The number of rotatable bonds is 8. The average Bonchev–Trinajstić information content (AvgIpc) is 3.11. The van der Waals surface area contributed by atoms with Crippen LogP contribution in [0.2, 0.25) is 0 Å². The maximum absolute atomic E-state index is 12.4. The van der Waals surface area contributed by atoms with Gasteiger partial charge in [-0.1, -0.05) is 6.07 Å². The number of hydrogen-bond donors (Lipinski definition) is 4. The predicted octanol–water partition coefficient (Wildman–Crippen LogP) is -1.71. The molecule has 0 bridgehead atoms. The van der Waals surface area contributed by atoms with E-state index in [0.29, 0.717) is 25.3 Å². The predicted molar refractivity (Wildman–Crippen MR) is 112 cm³/mol. The van der Waals surface area contributed by atoms with Crippen LogP contribution in [0.15, 0.2) is 24.3 Å². The summed E-state index contributed by atoms with van der Waals surface area (Å²) >= 11 is 0. The lowest BCUT2D eigenvalue weighted by Crippen LogP contribution is -3.28. The number of likely N-dealkylation sites (N-methyl/N-ethyl adjacent to an activating group) is 1. The Labute approximate surface area is 173 Å². The summed E-state index contributed by atoms with van der Waals surface area (Å²) in [6, 6.07) is 7.06. The number of piperazine rings is 1. The van der Waals surface area contributed by atoms with Crippen molar-refractivity contribution in [2.75, 3.05) is 64.4 Å². The monoisotopic (exact) mass is 405 g/mol. The van der Waals surface area contributed by atoms with Gasteiger partial charge in [0.15, 0.2) is 0 Å². The van der Waals surface area contributed by atoms with Gasteiger partial charge < -0.3 is 30.1 Å². The van der Waals surface area contributed by atoms with Gasteiger partial charge in [-0.3, -0.25) is 4.79 Å². The zero-order chi connectivity index (χ0) is 20.6. The van der Waals surface area contributed by atoms with Crippen molar-refractivity contribution in [2.24, 2.45) is 0 Å². The Balaban J connectivity index is 1.35. The second-order valence-electron chi connectivity index (χ2n) is 7.96. The van der Waals surface area contributed by atoms with Crippen molar-refractivity contribution in [3.05, 3.63) is 24.3 Å². The van der Waals surface area contributed by atoms with Gasteiger partial charge in [0.25, 0.3) is 0 Å². The molecule has 8 nitrogen and oxygen atoms in total. The van der Waals surface area contributed by atoms with E-state index in [1.807, 2.05) is 24.3 Å². The summed E-state index contributed by atoms with van der Waals surface area (Å²) < 4.78 is 5.23. The summed E-state index contributed by atoms with van der Waals surface area (Å²) in [6.07, 6.45) is 1.29. The number of ether oxygens (including phenoxy) is 1. The van der Waals surface area contributed by atoms with Crippen molar-refractivity contribution >= 4 is 17.6 Å². The van der Waals surface area contributed by atoms with Gasteiger partial charge in [0.05, 0.1) is 26.2 Å². The fourth-order valence-electron chi connectivity index (χ4n) is 4.17. The van der Waals surface area contributed by atoms with Crippen LogP contribution in [-0.4, -0.2) is 77.4 Å². The van der Waals surface area contributed by atoms with Gasteiger partial charge in [-0.2, -0.15) is 0 Å².